The molecule has 0 heterocycles. The zero-order valence-corrected chi connectivity index (χ0v) is 9.22. The summed E-state index contributed by atoms with van der Waals surface area (Å²) in [5, 5.41) is 3.31. The molecule has 1 fully saturated rings. The molecule has 0 saturated heterocycles. The van der Waals surface area contributed by atoms with Gasteiger partial charge in [0.2, 0.25) is 0 Å². The summed E-state index contributed by atoms with van der Waals surface area (Å²) in [6, 6.07) is 0. The van der Waals surface area contributed by atoms with Crippen molar-refractivity contribution in [3.63, 3.8) is 0 Å². The zero-order valence-electron chi connectivity index (χ0n) is 9.22. The third-order valence-corrected chi connectivity index (χ3v) is 2.72. The summed E-state index contributed by atoms with van der Waals surface area (Å²) in [6.45, 7) is 5.83. The number of methoxy groups -OCH3 is 1. The Morgan fingerprint density at radius 1 is 1.57 bits per heavy atom. The SMILES string of the molecule is COC(=O)C(C)=CCNCC1(C)CC1. The number of nitrogens with one attached hydrogen (secondary N) is 1. The first kappa shape index (κ1) is 11.2. The Morgan fingerprint density at radius 3 is 2.71 bits per heavy atom. The van der Waals surface area contributed by atoms with Gasteiger partial charge in [0.25, 0.3) is 0 Å². The molecule has 0 bridgehead atoms. The largest absolute Gasteiger partial charge is 0.466 e. The quantitative estimate of drug-likeness (QED) is 0.412. The van der Waals surface area contributed by atoms with Crippen molar-refractivity contribution in [3.8, 4) is 0 Å². The fourth-order valence-corrected chi connectivity index (χ4v) is 1.23. The fraction of sp³-hybridized carbons (Fsp3) is 0.727. The molecule has 1 aliphatic carbocycles. The van der Waals surface area contributed by atoms with Crippen LogP contribution in [0.4, 0.5) is 0 Å². The van der Waals surface area contributed by atoms with Crippen LogP contribution in [0.15, 0.2) is 11.6 Å². The van der Waals surface area contributed by atoms with E-state index < -0.39 is 0 Å². The van der Waals surface area contributed by atoms with Gasteiger partial charge in [-0.05, 0) is 25.2 Å². The van der Waals surface area contributed by atoms with Crippen LogP contribution in [0.5, 0.6) is 0 Å². The molecule has 1 saturated carbocycles. The fourth-order valence-electron chi connectivity index (χ4n) is 1.23. The topological polar surface area (TPSA) is 38.3 Å². The number of carbonyl (C=O) groups is 1. The van der Waals surface area contributed by atoms with E-state index in [1.54, 1.807) is 6.92 Å². The number of hydrogen-bond acceptors (Lipinski definition) is 3. The first-order valence-electron chi connectivity index (χ1n) is 5.03. The van der Waals surface area contributed by atoms with E-state index in [0.717, 1.165) is 13.1 Å². The highest BCUT2D eigenvalue weighted by Crippen LogP contribution is 2.43. The van der Waals surface area contributed by atoms with Crippen LogP contribution in [0.2, 0.25) is 0 Å². The van der Waals surface area contributed by atoms with E-state index in [4.69, 9.17) is 0 Å². The predicted molar refractivity (Wildman–Crippen MR) is 56.0 cm³/mol. The second-order valence-electron chi connectivity index (χ2n) is 4.32. The third-order valence-electron chi connectivity index (χ3n) is 2.72. The van der Waals surface area contributed by atoms with E-state index in [2.05, 4.69) is 17.0 Å². The summed E-state index contributed by atoms with van der Waals surface area (Å²) in [7, 11) is 1.40. The molecule has 1 aliphatic rings. The van der Waals surface area contributed by atoms with Gasteiger partial charge in [-0.2, -0.15) is 0 Å². The van der Waals surface area contributed by atoms with Gasteiger partial charge in [0.05, 0.1) is 7.11 Å². The average Bonchev–Trinajstić information content (AvgIpc) is 2.90. The molecule has 0 aliphatic heterocycles. The first-order valence-corrected chi connectivity index (χ1v) is 5.03. The number of ether oxygens (including phenoxy) is 1. The van der Waals surface area contributed by atoms with Crippen molar-refractivity contribution >= 4 is 5.97 Å². The monoisotopic (exact) mass is 197 g/mol. The Balaban J connectivity index is 2.15. The van der Waals surface area contributed by atoms with E-state index >= 15 is 0 Å². The molecule has 0 spiro atoms. The van der Waals surface area contributed by atoms with Gasteiger partial charge in [0.1, 0.15) is 0 Å². The summed E-state index contributed by atoms with van der Waals surface area (Å²) in [5.74, 6) is -0.246. The van der Waals surface area contributed by atoms with Crippen LogP contribution in [0.3, 0.4) is 0 Å². The number of rotatable bonds is 5. The number of carbonyl (C=O) groups excluding carboxylic acids is 1. The van der Waals surface area contributed by atoms with Gasteiger partial charge in [0, 0.05) is 18.7 Å². The summed E-state index contributed by atoms with van der Waals surface area (Å²) in [5.41, 5.74) is 1.19. The third kappa shape index (κ3) is 3.50. The molecule has 0 aromatic rings. The maximum absolute atomic E-state index is 11.0. The highest BCUT2D eigenvalue weighted by molar-refractivity contribution is 5.87. The van der Waals surface area contributed by atoms with Crippen LogP contribution >= 0.6 is 0 Å². The van der Waals surface area contributed by atoms with Crippen LogP contribution in [0.1, 0.15) is 26.7 Å². The minimum Gasteiger partial charge on any atom is -0.466 e. The zero-order chi connectivity index (χ0) is 10.6. The minimum atomic E-state index is -0.246. The molecule has 0 atom stereocenters. The van der Waals surface area contributed by atoms with Gasteiger partial charge in [0.15, 0.2) is 0 Å². The Kier molecular flexibility index (Phi) is 3.69. The lowest BCUT2D eigenvalue weighted by Crippen LogP contribution is -2.22. The Labute approximate surface area is 85.5 Å². The Hall–Kier alpha value is -0.830. The van der Waals surface area contributed by atoms with E-state index in [9.17, 15) is 4.79 Å². The van der Waals surface area contributed by atoms with Gasteiger partial charge < -0.3 is 10.1 Å². The van der Waals surface area contributed by atoms with Gasteiger partial charge in [-0.1, -0.05) is 13.0 Å². The normalized spacial score (nSPS) is 19.2. The lowest BCUT2D eigenvalue weighted by atomic mass is 10.1. The molecule has 80 valence electrons. The summed E-state index contributed by atoms with van der Waals surface area (Å²) in [6.07, 6.45) is 4.51. The molecular weight excluding hydrogens is 178 g/mol. The molecular formula is C11H19NO2. The molecule has 0 aromatic heterocycles. The van der Waals surface area contributed by atoms with Crippen molar-refractivity contribution in [2.45, 2.75) is 26.7 Å². The molecule has 0 unspecified atom stereocenters. The lowest BCUT2D eigenvalue weighted by Gasteiger charge is -2.07. The smallest absolute Gasteiger partial charge is 0.333 e. The van der Waals surface area contributed by atoms with E-state index in [1.807, 2.05) is 6.08 Å². The van der Waals surface area contributed by atoms with Crippen molar-refractivity contribution in [2.75, 3.05) is 20.2 Å². The van der Waals surface area contributed by atoms with Gasteiger partial charge in [-0.25, -0.2) is 4.79 Å². The summed E-state index contributed by atoms with van der Waals surface area (Å²) < 4.78 is 4.59. The molecule has 14 heavy (non-hydrogen) atoms. The van der Waals surface area contributed by atoms with Crippen molar-refractivity contribution in [2.24, 2.45) is 5.41 Å². The Morgan fingerprint density at radius 2 is 2.21 bits per heavy atom. The Bertz CT molecular complexity index is 242. The van der Waals surface area contributed by atoms with E-state index in [0.29, 0.717) is 11.0 Å². The van der Waals surface area contributed by atoms with Crippen molar-refractivity contribution < 1.29 is 9.53 Å². The second-order valence-corrected chi connectivity index (χ2v) is 4.32. The van der Waals surface area contributed by atoms with Gasteiger partial charge in [-0.3, -0.25) is 0 Å². The average molecular weight is 197 g/mol. The molecule has 1 N–H and O–H groups in total. The van der Waals surface area contributed by atoms with Crippen LogP contribution in [0, 0.1) is 5.41 Å². The van der Waals surface area contributed by atoms with Crippen LogP contribution in [-0.4, -0.2) is 26.2 Å². The van der Waals surface area contributed by atoms with Crippen molar-refractivity contribution in [1.29, 1.82) is 0 Å². The van der Waals surface area contributed by atoms with Crippen LogP contribution in [-0.2, 0) is 9.53 Å². The molecule has 1 rings (SSSR count). The maximum Gasteiger partial charge on any atom is 0.333 e. The molecule has 0 amide bonds. The highest BCUT2D eigenvalue weighted by Gasteiger charge is 2.36. The molecule has 0 aromatic carbocycles. The number of esters is 1. The van der Waals surface area contributed by atoms with Gasteiger partial charge >= 0.3 is 5.97 Å². The van der Waals surface area contributed by atoms with Gasteiger partial charge in [-0.15, -0.1) is 0 Å². The summed E-state index contributed by atoms with van der Waals surface area (Å²) >= 11 is 0. The predicted octanol–water partition coefficient (Wildman–Crippen LogP) is 1.50. The second kappa shape index (κ2) is 4.60. The minimum absolute atomic E-state index is 0.246. The highest BCUT2D eigenvalue weighted by atomic mass is 16.5. The lowest BCUT2D eigenvalue weighted by molar-refractivity contribution is -0.136. The van der Waals surface area contributed by atoms with E-state index in [1.165, 1.54) is 20.0 Å². The van der Waals surface area contributed by atoms with E-state index in [-0.39, 0.29) is 5.97 Å². The van der Waals surface area contributed by atoms with Crippen molar-refractivity contribution in [3.05, 3.63) is 11.6 Å². The van der Waals surface area contributed by atoms with Crippen molar-refractivity contribution in [1.82, 2.24) is 5.32 Å². The summed E-state index contributed by atoms with van der Waals surface area (Å²) in [4.78, 5) is 11.0. The maximum atomic E-state index is 11.0. The van der Waals surface area contributed by atoms with Crippen LogP contribution in [0.25, 0.3) is 0 Å². The molecule has 3 nitrogen and oxygen atoms in total. The standard InChI is InChI=1S/C11H19NO2/c1-9(10(13)14-3)4-7-12-8-11(2)5-6-11/h4,12H,5-8H2,1-3H3. The number of hydrogen-bond donors (Lipinski definition) is 1. The first-order chi connectivity index (χ1) is 6.57. The molecule has 0 radical (unpaired) electrons. The van der Waals surface area contributed by atoms with Crippen LogP contribution < -0.4 is 5.32 Å². The molecule has 3 heteroatoms.